The van der Waals surface area contributed by atoms with Crippen LogP contribution in [0, 0.1) is 50.2 Å². The molecule has 37 heavy (non-hydrogen) atoms. The largest absolute Gasteiger partial charge is 0.515 e. The van der Waals surface area contributed by atoms with Crippen molar-refractivity contribution >= 4 is 11.8 Å². The average Bonchev–Trinajstić information content (AvgIpc) is 2.81. The summed E-state index contributed by atoms with van der Waals surface area (Å²) < 4.78 is 5.77. The van der Waals surface area contributed by atoms with Gasteiger partial charge in [-0.15, -0.1) is 0 Å². The molecule has 1 N–H and O–H groups in total. The number of ketones is 1. The highest BCUT2D eigenvalue weighted by atomic mass is 16.5. The first-order valence-corrected chi connectivity index (χ1v) is 14.9. The summed E-state index contributed by atoms with van der Waals surface area (Å²) in [6, 6.07) is 0. The Hall–Kier alpha value is -1.58. The lowest BCUT2D eigenvalue weighted by molar-refractivity contribution is -0.186. The van der Waals surface area contributed by atoms with Gasteiger partial charge in [-0.2, -0.15) is 0 Å². The van der Waals surface area contributed by atoms with E-state index in [9.17, 15) is 14.7 Å². The number of hydrogen-bond acceptors (Lipinski definition) is 4. The number of allylic oxidation sites excluding steroid dienone is 3. The van der Waals surface area contributed by atoms with E-state index in [4.69, 9.17) is 4.74 Å². The molecule has 0 amide bonds. The highest BCUT2D eigenvalue weighted by molar-refractivity contribution is 6.00. The second-order valence-electron chi connectivity index (χ2n) is 15.5. The number of hydrogen-bond donors (Lipinski definition) is 1. The third-order valence-electron chi connectivity index (χ3n) is 13.1. The molecule has 4 fully saturated rings. The van der Waals surface area contributed by atoms with Gasteiger partial charge in [-0.05, 0) is 104 Å². The SMILES string of the molecule is CCOC(=O)[C@]12CCC(C)(C)C[C@H]1C1=CC[C@H]3[C@@]4(C)C/C(=C/O)C(=O)C(C)(C)[C@H]4CC[C@@]3(C)[C@]1(C)CC2. The Labute approximate surface area is 224 Å². The normalized spacial score (nSPS) is 47.1. The topological polar surface area (TPSA) is 63.6 Å². The molecule has 7 atom stereocenters. The number of carbonyl (C=O) groups excluding carboxylic acids is 2. The molecule has 0 unspecified atom stereocenters. The van der Waals surface area contributed by atoms with Crippen molar-refractivity contribution < 1.29 is 19.4 Å². The first kappa shape index (κ1) is 27.0. The molecular weight excluding hydrogens is 460 g/mol. The lowest BCUT2D eigenvalue weighted by Crippen LogP contribution is -2.65. The van der Waals surface area contributed by atoms with Gasteiger partial charge < -0.3 is 9.84 Å². The Morgan fingerprint density at radius 1 is 1.03 bits per heavy atom. The van der Waals surface area contributed by atoms with Crippen LogP contribution in [0.5, 0.6) is 0 Å². The minimum atomic E-state index is -0.465. The van der Waals surface area contributed by atoms with E-state index in [2.05, 4.69) is 54.5 Å². The van der Waals surface area contributed by atoms with Crippen LogP contribution in [0.25, 0.3) is 0 Å². The summed E-state index contributed by atoms with van der Waals surface area (Å²) in [7, 11) is 0. The second-order valence-corrected chi connectivity index (χ2v) is 15.5. The van der Waals surface area contributed by atoms with E-state index < -0.39 is 5.41 Å². The molecule has 5 rings (SSSR count). The fraction of sp³-hybridized carbons (Fsp3) is 0.818. The summed E-state index contributed by atoms with van der Waals surface area (Å²) in [6.45, 7) is 18.8. The van der Waals surface area contributed by atoms with Crippen LogP contribution in [0.3, 0.4) is 0 Å². The van der Waals surface area contributed by atoms with Gasteiger partial charge in [0.25, 0.3) is 0 Å². The Morgan fingerprint density at radius 3 is 2.35 bits per heavy atom. The lowest BCUT2D eigenvalue weighted by atomic mass is 9.33. The Morgan fingerprint density at radius 2 is 1.70 bits per heavy atom. The van der Waals surface area contributed by atoms with Crippen molar-refractivity contribution in [1.29, 1.82) is 0 Å². The van der Waals surface area contributed by atoms with Crippen molar-refractivity contribution in [2.45, 2.75) is 113 Å². The first-order chi connectivity index (χ1) is 17.1. The van der Waals surface area contributed by atoms with Gasteiger partial charge in [0.15, 0.2) is 5.78 Å². The van der Waals surface area contributed by atoms with Crippen molar-refractivity contribution in [3.63, 3.8) is 0 Å². The Kier molecular flexibility index (Phi) is 5.99. The molecule has 0 heterocycles. The number of Topliss-reactive ketones (excluding diaryl/α,β-unsaturated/α-hetero) is 1. The van der Waals surface area contributed by atoms with E-state index in [1.165, 1.54) is 5.57 Å². The van der Waals surface area contributed by atoms with Gasteiger partial charge in [-0.1, -0.05) is 60.1 Å². The molecule has 206 valence electrons. The van der Waals surface area contributed by atoms with E-state index in [-0.39, 0.29) is 44.7 Å². The molecule has 0 aromatic carbocycles. The zero-order valence-electron chi connectivity index (χ0n) is 24.6. The summed E-state index contributed by atoms with van der Waals surface area (Å²) in [5.74, 6) is 1.15. The van der Waals surface area contributed by atoms with Crippen molar-refractivity contribution in [2.75, 3.05) is 6.61 Å². The van der Waals surface area contributed by atoms with E-state index in [1.54, 1.807) is 0 Å². The zero-order valence-corrected chi connectivity index (χ0v) is 24.6. The molecule has 0 radical (unpaired) electrons. The molecular formula is C33H50O4. The fourth-order valence-corrected chi connectivity index (χ4v) is 10.9. The van der Waals surface area contributed by atoms with Crippen LogP contribution < -0.4 is 0 Å². The van der Waals surface area contributed by atoms with Crippen LogP contribution in [-0.2, 0) is 14.3 Å². The minimum absolute atomic E-state index is 0.0205. The van der Waals surface area contributed by atoms with Crippen LogP contribution in [0.1, 0.15) is 113 Å². The van der Waals surface area contributed by atoms with Gasteiger partial charge in [0.2, 0.25) is 0 Å². The van der Waals surface area contributed by atoms with Crippen LogP contribution >= 0.6 is 0 Å². The summed E-state index contributed by atoms with van der Waals surface area (Å²) >= 11 is 0. The molecule has 4 saturated carbocycles. The number of aliphatic hydroxyl groups excluding tert-OH is 1. The monoisotopic (exact) mass is 510 g/mol. The molecule has 4 nitrogen and oxygen atoms in total. The third kappa shape index (κ3) is 3.38. The number of carbonyl (C=O) groups is 2. The Bertz CT molecular complexity index is 1060. The molecule has 0 aliphatic heterocycles. The van der Waals surface area contributed by atoms with Gasteiger partial charge in [-0.3, -0.25) is 9.59 Å². The van der Waals surface area contributed by atoms with Crippen molar-refractivity contribution in [2.24, 2.45) is 50.2 Å². The number of ether oxygens (including phenoxy) is 1. The quantitative estimate of drug-likeness (QED) is 0.177. The van der Waals surface area contributed by atoms with E-state index >= 15 is 0 Å². The molecule has 0 bridgehead atoms. The van der Waals surface area contributed by atoms with Crippen LogP contribution in [-0.4, -0.2) is 23.5 Å². The van der Waals surface area contributed by atoms with E-state index in [1.807, 2.05) is 6.92 Å². The predicted molar refractivity (Wildman–Crippen MR) is 147 cm³/mol. The van der Waals surface area contributed by atoms with Crippen LogP contribution in [0.2, 0.25) is 0 Å². The highest BCUT2D eigenvalue weighted by Gasteiger charge is 2.69. The number of esters is 1. The van der Waals surface area contributed by atoms with Crippen LogP contribution in [0.4, 0.5) is 0 Å². The molecule has 4 heteroatoms. The standard InChI is InChI=1S/C33H50O4/c1-9-37-27(36)33-16-14-28(2,3)19-23(33)22-10-11-25-30(6)18-21(20-34)26(35)29(4,5)24(30)12-13-32(25,8)31(22,7)15-17-33/h10,20,23-25,34H,9,11-19H2,1-8H3/b21-20-/t23-,24+,25-,30-,31+,32+,33-/m0/s1. The minimum Gasteiger partial charge on any atom is -0.515 e. The number of aliphatic hydroxyl groups is 1. The summed E-state index contributed by atoms with van der Waals surface area (Å²) in [6.07, 6.45) is 12.4. The molecule has 0 saturated heterocycles. The molecule has 0 aromatic heterocycles. The van der Waals surface area contributed by atoms with Gasteiger partial charge in [-0.25, -0.2) is 0 Å². The molecule has 5 aliphatic carbocycles. The molecule has 0 aromatic rings. The lowest BCUT2D eigenvalue weighted by Gasteiger charge is -2.70. The van der Waals surface area contributed by atoms with E-state index in [0.29, 0.717) is 30.4 Å². The van der Waals surface area contributed by atoms with Crippen LogP contribution in [0.15, 0.2) is 23.5 Å². The maximum Gasteiger partial charge on any atom is 0.312 e. The maximum absolute atomic E-state index is 13.6. The summed E-state index contributed by atoms with van der Waals surface area (Å²) in [5.41, 5.74) is 1.56. The number of rotatable bonds is 2. The maximum atomic E-state index is 13.6. The van der Waals surface area contributed by atoms with Gasteiger partial charge >= 0.3 is 5.97 Å². The molecule has 0 spiro atoms. The van der Waals surface area contributed by atoms with E-state index in [0.717, 1.165) is 57.6 Å². The summed E-state index contributed by atoms with van der Waals surface area (Å²) in [5, 5.41) is 10.1. The average molecular weight is 511 g/mol. The van der Waals surface area contributed by atoms with Crippen molar-refractivity contribution in [1.82, 2.24) is 0 Å². The van der Waals surface area contributed by atoms with Gasteiger partial charge in [0.05, 0.1) is 18.3 Å². The van der Waals surface area contributed by atoms with Crippen molar-refractivity contribution in [3.8, 4) is 0 Å². The van der Waals surface area contributed by atoms with Gasteiger partial charge in [0, 0.05) is 11.0 Å². The first-order valence-electron chi connectivity index (χ1n) is 14.9. The number of fused-ring (bicyclic) bond motifs is 7. The van der Waals surface area contributed by atoms with Crippen molar-refractivity contribution in [3.05, 3.63) is 23.5 Å². The smallest absolute Gasteiger partial charge is 0.312 e. The van der Waals surface area contributed by atoms with Gasteiger partial charge in [0.1, 0.15) is 0 Å². The fourth-order valence-electron chi connectivity index (χ4n) is 10.9. The summed E-state index contributed by atoms with van der Waals surface area (Å²) in [4.78, 5) is 26.9. The second kappa shape index (κ2) is 8.21. The third-order valence-corrected chi connectivity index (χ3v) is 13.1. The zero-order chi connectivity index (χ0) is 27.2. The predicted octanol–water partition coefficient (Wildman–Crippen LogP) is 7.97. The Balaban J connectivity index is 1.61. The highest BCUT2D eigenvalue weighted by Crippen LogP contribution is 2.75. The molecule has 5 aliphatic rings.